The van der Waals surface area contributed by atoms with Crippen LogP contribution in [-0.2, 0) is 4.74 Å². The Morgan fingerprint density at radius 1 is 1.56 bits per heavy atom. The van der Waals surface area contributed by atoms with Gasteiger partial charge in [0.05, 0.1) is 13.2 Å². The van der Waals surface area contributed by atoms with Crippen LogP contribution in [0.2, 0.25) is 0 Å². The third kappa shape index (κ3) is 3.64. The Balaban J connectivity index is 2.59. The number of hydrogen-bond acceptors (Lipinski definition) is 4. The third-order valence-corrected chi connectivity index (χ3v) is 3.24. The quantitative estimate of drug-likeness (QED) is 0.309. The minimum Gasteiger partial charge on any atom is -0.409 e. The first-order valence-corrected chi connectivity index (χ1v) is 5.90. The maximum Gasteiger partial charge on any atom is 0.153 e. The van der Waals surface area contributed by atoms with E-state index in [2.05, 4.69) is 17.0 Å². The van der Waals surface area contributed by atoms with E-state index in [9.17, 15) is 0 Å². The summed E-state index contributed by atoms with van der Waals surface area (Å²) >= 11 is 0. The number of rotatable bonds is 6. The smallest absolute Gasteiger partial charge is 0.153 e. The van der Waals surface area contributed by atoms with Crippen LogP contribution in [0.25, 0.3) is 0 Å². The van der Waals surface area contributed by atoms with Crippen molar-refractivity contribution in [3.63, 3.8) is 0 Å². The molecule has 0 aromatic carbocycles. The van der Waals surface area contributed by atoms with Gasteiger partial charge in [-0.25, -0.2) is 0 Å². The monoisotopic (exact) mass is 229 g/mol. The molecule has 0 heterocycles. The second-order valence-electron chi connectivity index (χ2n) is 4.51. The van der Waals surface area contributed by atoms with Crippen LogP contribution in [-0.4, -0.2) is 48.3 Å². The molecule has 94 valence electrons. The Morgan fingerprint density at radius 2 is 2.19 bits per heavy atom. The van der Waals surface area contributed by atoms with Crippen molar-refractivity contribution in [2.75, 3.05) is 20.3 Å². The lowest BCUT2D eigenvalue weighted by Gasteiger charge is -2.33. The summed E-state index contributed by atoms with van der Waals surface area (Å²) in [6.07, 6.45) is 4.95. The second kappa shape index (κ2) is 6.70. The van der Waals surface area contributed by atoms with E-state index in [1.165, 1.54) is 25.7 Å². The van der Waals surface area contributed by atoms with Crippen molar-refractivity contribution in [2.45, 2.75) is 44.7 Å². The molecule has 0 radical (unpaired) electrons. The molecule has 0 aromatic rings. The van der Waals surface area contributed by atoms with E-state index in [1.54, 1.807) is 7.11 Å². The molecular formula is C11H23N3O2. The lowest BCUT2D eigenvalue weighted by atomic mass is 10.1. The van der Waals surface area contributed by atoms with Gasteiger partial charge in [0, 0.05) is 19.2 Å². The lowest BCUT2D eigenvalue weighted by molar-refractivity contribution is 0.0819. The zero-order valence-corrected chi connectivity index (χ0v) is 10.2. The molecule has 1 fully saturated rings. The summed E-state index contributed by atoms with van der Waals surface area (Å²) < 4.78 is 5.17. The molecule has 1 unspecified atom stereocenters. The summed E-state index contributed by atoms with van der Waals surface area (Å²) in [4.78, 5) is 2.28. The molecule has 16 heavy (non-hydrogen) atoms. The average molecular weight is 229 g/mol. The van der Waals surface area contributed by atoms with Gasteiger partial charge in [0.1, 0.15) is 0 Å². The van der Waals surface area contributed by atoms with Crippen molar-refractivity contribution < 1.29 is 9.94 Å². The van der Waals surface area contributed by atoms with Crippen LogP contribution in [0.1, 0.15) is 32.6 Å². The first-order valence-electron chi connectivity index (χ1n) is 5.90. The molecule has 3 N–H and O–H groups in total. The first kappa shape index (κ1) is 13.3. The van der Waals surface area contributed by atoms with E-state index in [-0.39, 0.29) is 5.84 Å². The van der Waals surface area contributed by atoms with E-state index in [4.69, 9.17) is 15.7 Å². The highest BCUT2D eigenvalue weighted by Gasteiger charge is 2.27. The van der Waals surface area contributed by atoms with Crippen molar-refractivity contribution in [3.8, 4) is 0 Å². The summed E-state index contributed by atoms with van der Waals surface area (Å²) in [5, 5.41) is 11.7. The van der Waals surface area contributed by atoms with Crippen LogP contribution in [0.15, 0.2) is 5.16 Å². The van der Waals surface area contributed by atoms with Gasteiger partial charge in [0.2, 0.25) is 0 Å². The van der Waals surface area contributed by atoms with Crippen molar-refractivity contribution >= 4 is 5.84 Å². The van der Waals surface area contributed by atoms with Gasteiger partial charge in [-0.1, -0.05) is 18.0 Å². The average Bonchev–Trinajstić information content (AvgIpc) is 2.78. The second-order valence-corrected chi connectivity index (χ2v) is 4.51. The summed E-state index contributed by atoms with van der Waals surface area (Å²) in [5.41, 5.74) is 5.59. The van der Waals surface area contributed by atoms with Gasteiger partial charge < -0.3 is 15.7 Å². The molecule has 1 rings (SSSR count). The number of oxime groups is 1. The van der Waals surface area contributed by atoms with Gasteiger partial charge in [-0.3, -0.25) is 4.90 Å². The van der Waals surface area contributed by atoms with E-state index >= 15 is 0 Å². The van der Waals surface area contributed by atoms with E-state index in [0.717, 1.165) is 0 Å². The molecule has 1 atom stereocenters. The van der Waals surface area contributed by atoms with Crippen LogP contribution in [0, 0.1) is 0 Å². The Hall–Kier alpha value is -0.810. The van der Waals surface area contributed by atoms with E-state index in [0.29, 0.717) is 25.2 Å². The van der Waals surface area contributed by atoms with Gasteiger partial charge in [0.25, 0.3) is 0 Å². The van der Waals surface area contributed by atoms with Crippen LogP contribution in [0.3, 0.4) is 0 Å². The zero-order valence-electron chi connectivity index (χ0n) is 10.2. The highest BCUT2D eigenvalue weighted by Crippen LogP contribution is 2.24. The van der Waals surface area contributed by atoms with Crippen LogP contribution in [0.5, 0.6) is 0 Å². The normalized spacial score (nSPS) is 20.6. The molecule has 1 aliphatic rings. The number of nitrogens with zero attached hydrogens (tertiary/aromatic N) is 2. The summed E-state index contributed by atoms with van der Waals surface area (Å²) in [5.74, 6) is 0.273. The summed E-state index contributed by atoms with van der Waals surface area (Å²) in [6, 6.07) is 0.846. The van der Waals surface area contributed by atoms with Gasteiger partial charge in [-0.15, -0.1) is 0 Å². The lowest BCUT2D eigenvalue weighted by Crippen LogP contribution is -2.47. The Bertz CT molecular complexity index is 227. The number of methoxy groups -OCH3 is 1. The molecule has 5 heteroatoms. The Kier molecular flexibility index (Phi) is 5.55. The first-order chi connectivity index (χ1) is 7.69. The predicted molar refractivity (Wildman–Crippen MR) is 63.7 cm³/mol. The fraction of sp³-hybridized carbons (Fsp3) is 0.909. The summed E-state index contributed by atoms with van der Waals surface area (Å²) in [6.45, 7) is 3.31. The van der Waals surface area contributed by atoms with Crippen molar-refractivity contribution in [1.82, 2.24) is 4.90 Å². The van der Waals surface area contributed by atoms with Crippen molar-refractivity contribution in [2.24, 2.45) is 10.9 Å². The number of nitrogens with two attached hydrogens (primary N) is 1. The molecule has 0 bridgehead atoms. The SMILES string of the molecule is COCC(C)N(CC(N)=NO)C1CCCC1. The number of amidine groups is 1. The molecule has 1 aliphatic carbocycles. The topological polar surface area (TPSA) is 71.1 Å². The van der Waals surface area contributed by atoms with Crippen molar-refractivity contribution in [3.05, 3.63) is 0 Å². The molecule has 5 nitrogen and oxygen atoms in total. The minimum atomic E-state index is 0.273. The molecule has 0 aromatic heterocycles. The Labute approximate surface area is 97.2 Å². The van der Waals surface area contributed by atoms with Gasteiger partial charge >= 0.3 is 0 Å². The molecule has 0 spiro atoms. The third-order valence-electron chi connectivity index (χ3n) is 3.24. The highest BCUT2D eigenvalue weighted by molar-refractivity contribution is 5.81. The van der Waals surface area contributed by atoms with E-state index in [1.807, 2.05) is 0 Å². The minimum absolute atomic E-state index is 0.273. The number of ether oxygens (including phenoxy) is 1. The largest absolute Gasteiger partial charge is 0.409 e. The molecule has 0 aliphatic heterocycles. The van der Waals surface area contributed by atoms with Gasteiger partial charge in [0.15, 0.2) is 5.84 Å². The predicted octanol–water partition coefficient (Wildman–Crippen LogP) is 1.01. The standard InChI is InChI=1S/C11H23N3O2/c1-9(8-16-2)14(7-11(12)13-15)10-5-3-4-6-10/h9-10,15H,3-8H2,1-2H3,(H2,12,13). The fourth-order valence-electron chi connectivity index (χ4n) is 2.44. The van der Waals surface area contributed by atoms with Gasteiger partial charge in [-0.05, 0) is 19.8 Å². The molecule has 0 saturated heterocycles. The van der Waals surface area contributed by atoms with Gasteiger partial charge in [-0.2, -0.15) is 0 Å². The van der Waals surface area contributed by atoms with Crippen LogP contribution >= 0.6 is 0 Å². The summed E-state index contributed by atoms with van der Waals surface area (Å²) in [7, 11) is 1.70. The van der Waals surface area contributed by atoms with E-state index < -0.39 is 0 Å². The molecular weight excluding hydrogens is 206 g/mol. The van der Waals surface area contributed by atoms with Crippen LogP contribution < -0.4 is 5.73 Å². The maximum absolute atomic E-state index is 8.64. The maximum atomic E-state index is 8.64. The highest BCUT2D eigenvalue weighted by atomic mass is 16.5. The Morgan fingerprint density at radius 3 is 2.69 bits per heavy atom. The molecule has 1 saturated carbocycles. The van der Waals surface area contributed by atoms with Crippen LogP contribution in [0.4, 0.5) is 0 Å². The number of hydrogen-bond donors (Lipinski definition) is 2. The fourth-order valence-corrected chi connectivity index (χ4v) is 2.44. The molecule has 0 amide bonds. The van der Waals surface area contributed by atoms with Crippen molar-refractivity contribution in [1.29, 1.82) is 0 Å². The zero-order chi connectivity index (χ0) is 12.0.